The van der Waals surface area contributed by atoms with E-state index in [1.807, 2.05) is 31.2 Å². The topological polar surface area (TPSA) is 76.3 Å². The summed E-state index contributed by atoms with van der Waals surface area (Å²) in [4.78, 5) is 30.3. The number of hydrogen-bond donors (Lipinski definition) is 0. The molecule has 1 fully saturated rings. The minimum Gasteiger partial charge on any atom is -0.370 e. The van der Waals surface area contributed by atoms with Crippen molar-refractivity contribution in [2.24, 2.45) is 5.92 Å². The molecule has 0 saturated carbocycles. The molecule has 142 valence electrons. The minimum absolute atomic E-state index is 0.0104. The average Bonchev–Trinajstić information content (AvgIpc) is 2.73. The summed E-state index contributed by atoms with van der Waals surface area (Å²) in [5, 5.41) is 11.8. The number of carbonyl (C=O) groups is 1. The van der Waals surface area contributed by atoms with Crippen molar-refractivity contribution < 1.29 is 9.72 Å². The normalized spacial score (nSPS) is 15.0. The van der Waals surface area contributed by atoms with Gasteiger partial charge in [-0.2, -0.15) is 0 Å². The third kappa shape index (κ3) is 3.33. The number of nitro benzene ring substituents is 1. The van der Waals surface area contributed by atoms with E-state index in [0.29, 0.717) is 10.9 Å². The maximum Gasteiger partial charge on any atom is 0.278 e. The molecule has 0 radical (unpaired) electrons. The van der Waals surface area contributed by atoms with Gasteiger partial charge in [-0.3, -0.25) is 19.9 Å². The molecule has 3 aromatic rings. The van der Waals surface area contributed by atoms with Crippen LogP contribution < -0.4 is 4.90 Å². The second kappa shape index (κ2) is 7.38. The molecule has 0 aliphatic carbocycles. The Balaban J connectivity index is 1.54. The Morgan fingerprint density at radius 2 is 1.82 bits per heavy atom. The number of pyridine rings is 1. The van der Waals surface area contributed by atoms with Crippen LogP contribution in [0.2, 0.25) is 0 Å². The van der Waals surface area contributed by atoms with Crippen LogP contribution in [0, 0.1) is 23.0 Å². The predicted molar refractivity (Wildman–Crippen MR) is 109 cm³/mol. The van der Waals surface area contributed by atoms with Crippen LogP contribution >= 0.6 is 0 Å². The Labute approximate surface area is 163 Å². The lowest BCUT2D eigenvalue weighted by Crippen LogP contribution is -2.36. The fourth-order valence-corrected chi connectivity index (χ4v) is 3.89. The zero-order valence-corrected chi connectivity index (χ0v) is 15.7. The highest BCUT2D eigenvalue weighted by Crippen LogP contribution is 2.34. The lowest BCUT2D eigenvalue weighted by atomic mass is 9.88. The van der Waals surface area contributed by atoms with Gasteiger partial charge < -0.3 is 4.90 Å². The van der Waals surface area contributed by atoms with Gasteiger partial charge in [0, 0.05) is 36.8 Å². The molecular formula is C22H21N3O3. The zero-order chi connectivity index (χ0) is 19.7. The highest BCUT2D eigenvalue weighted by Gasteiger charge is 2.27. The highest BCUT2D eigenvalue weighted by molar-refractivity contribution is 5.99. The number of piperidine rings is 1. The van der Waals surface area contributed by atoms with Crippen molar-refractivity contribution in [2.45, 2.75) is 19.8 Å². The predicted octanol–water partition coefficient (Wildman–Crippen LogP) is 4.55. The number of non-ortho nitro benzene ring substituents is 1. The molecule has 6 nitrogen and oxygen atoms in total. The van der Waals surface area contributed by atoms with Crippen molar-refractivity contribution in [1.29, 1.82) is 0 Å². The van der Waals surface area contributed by atoms with E-state index in [1.54, 1.807) is 30.5 Å². The Kier molecular flexibility index (Phi) is 4.77. The summed E-state index contributed by atoms with van der Waals surface area (Å²) >= 11 is 0. The molecule has 0 spiro atoms. The van der Waals surface area contributed by atoms with Gasteiger partial charge in [-0.25, -0.2) is 0 Å². The third-order valence-electron chi connectivity index (χ3n) is 5.46. The van der Waals surface area contributed by atoms with Crippen molar-refractivity contribution in [3.05, 3.63) is 76.0 Å². The lowest BCUT2D eigenvalue weighted by Gasteiger charge is -2.33. The fourth-order valence-electron chi connectivity index (χ4n) is 3.89. The van der Waals surface area contributed by atoms with Gasteiger partial charge in [0.1, 0.15) is 5.52 Å². The monoisotopic (exact) mass is 375 g/mol. The Bertz CT molecular complexity index is 1040. The van der Waals surface area contributed by atoms with E-state index in [9.17, 15) is 14.9 Å². The number of fused-ring (bicyclic) bond motifs is 1. The van der Waals surface area contributed by atoms with Crippen molar-refractivity contribution in [2.75, 3.05) is 18.0 Å². The summed E-state index contributed by atoms with van der Waals surface area (Å²) in [6, 6.07) is 14.5. The number of aryl methyl sites for hydroxylation is 1. The number of anilines is 1. The highest BCUT2D eigenvalue weighted by atomic mass is 16.6. The van der Waals surface area contributed by atoms with Crippen molar-refractivity contribution in [3.8, 4) is 0 Å². The summed E-state index contributed by atoms with van der Waals surface area (Å²) in [5.41, 5.74) is 3.51. The first-order valence-corrected chi connectivity index (χ1v) is 9.42. The van der Waals surface area contributed by atoms with Crippen LogP contribution in [0.3, 0.4) is 0 Å². The van der Waals surface area contributed by atoms with E-state index >= 15 is 0 Å². The Morgan fingerprint density at radius 1 is 1.11 bits per heavy atom. The number of ketones is 1. The first kappa shape index (κ1) is 18.1. The van der Waals surface area contributed by atoms with Gasteiger partial charge in [0.2, 0.25) is 0 Å². The molecule has 2 aromatic carbocycles. The average molecular weight is 375 g/mol. The Hall–Kier alpha value is -3.28. The van der Waals surface area contributed by atoms with Gasteiger partial charge in [-0.05, 0) is 38.0 Å². The van der Waals surface area contributed by atoms with E-state index < -0.39 is 0 Å². The number of Topliss-reactive ketones (excluding diaryl/α,β-unsaturated/α-hetero) is 1. The van der Waals surface area contributed by atoms with Crippen molar-refractivity contribution >= 4 is 28.1 Å². The molecule has 0 bridgehead atoms. The van der Waals surface area contributed by atoms with Crippen molar-refractivity contribution in [3.63, 3.8) is 0 Å². The maximum absolute atomic E-state index is 12.8. The summed E-state index contributed by atoms with van der Waals surface area (Å²) in [5.74, 6) is 0.211. The third-order valence-corrected chi connectivity index (χ3v) is 5.46. The van der Waals surface area contributed by atoms with Crippen LogP contribution in [0.15, 0.2) is 54.7 Å². The molecule has 2 heterocycles. The number of benzene rings is 2. The standard InChI is InChI=1S/C22H21N3O3/c1-15-4-6-16(7-5-15)22(26)17-10-13-24(14-11-17)20-9-8-19(25(27)28)18-3-2-12-23-21(18)20/h2-9,12,17H,10-11,13-14H2,1H3. The van der Waals surface area contributed by atoms with Crippen LogP contribution in [-0.2, 0) is 0 Å². The van der Waals surface area contributed by atoms with E-state index in [4.69, 9.17) is 0 Å². The molecule has 0 amide bonds. The zero-order valence-electron chi connectivity index (χ0n) is 15.7. The summed E-state index contributed by atoms with van der Waals surface area (Å²) in [7, 11) is 0. The van der Waals surface area contributed by atoms with Crippen LogP contribution in [0.4, 0.5) is 11.4 Å². The number of hydrogen-bond acceptors (Lipinski definition) is 5. The molecule has 1 aliphatic heterocycles. The first-order chi connectivity index (χ1) is 13.5. The molecule has 6 heteroatoms. The molecule has 0 unspecified atom stereocenters. The molecule has 4 rings (SSSR count). The van der Waals surface area contributed by atoms with Crippen molar-refractivity contribution in [1.82, 2.24) is 4.98 Å². The van der Waals surface area contributed by atoms with Gasteiger partial charge in [-0.15, -0.1) is 0 Å². The molecular weight excluding hydrogens is 354 g/mol. The molecule has 1 aliphatic rings. The largest absolute Gasteiger partial charge is 0.370 e. The Morgan fingerprint density at radius 3 is 2.50 bits per heavy atom. The summed E-state index contributed by atoms with van der Waals surface area (Å²) in [6.07, 6.45) is 3.18. The number of aromatic nitrogens is 1. The molecule has 0 N–H and O–H groups in total. The first-order valence-electron chi connectivity index (χ1n) is 9.42. The number of nitrogens with zero attached hydrogens (tertiary/aromatic N) is 3. The molecule has 1 saturated heterocycles. The van der Waals surface area contributed by atoms with E-state index in [0.717, 1.165) is 42.7 Å². The van der Waals surface area contributed by atoms with Gasteiger partial charge in [0.15, 0.2) is 5.78 Å². The molecule has 28 heavy (non-hydrogen) atoms. The van der Waals surface area contributed by atoms with Gasteiger partial charge in [0.25, 0.3) is 5.69 Å². The second-order valence-electron chi connectivity index (χ2n) is 7.25. The molecule has 1 aromatic heterocycles. The minimum atomic E-state index is -0.375. The molecule has 0 atom stereocenters. The van der Waals surface area contributed by atoms with E-state index in [-0.39, 0.29) is 22.3 Å². The van der Waals surface area contributed by atoms with Gasteiger partial charge in [0.05, 0.1) is 16.0 Å². The van der Waals surface area contributed by atoms with Crippen LogP contribution in [0.25, 0.3) is 10.9 Å². The quantitative estimate of drug-likeness (QED) is 0.380. The summed E-state index contributed by atoms with van der Waals surface area (Å²) in [6.45, 7) is 3.47. The maximum atomic E-state index is 12.8. The fraction of sp³-hybridized carbons (Fsp3) is 0.273. The van der Waals surface area contributed by atoms with Gasteiger partial charge >= 0.3 is 0 Å². The number of carbonyl (C=O) groups excluding carboxylic acids is 1. The van der Waals surface area contributed by atoms with Crippen LogP contribution in [0.5, 0.6) is 0 Å². The summed E-state index contributed by atoms with van der Waals surface area (Å²) < 4.78 is 0. The lowest BCUT2D eigenvalue weighted by molar-refractivity contribution is -0.383. The van der Waals surface area contributed by atoms with Gasteiger partial charge in [-0.1, -0.05) is 29.8 Å². The smallest absolute Gasteiger partial charge is 0.278 e. The number of nitro groups is 1. The van der Waals surface area contributed by atoms with E-state index in [2.05, 4.69) is 9.88 Å². The SMILES string of the molecule is Cc1ccc(C(=O)C2CCN(c3ccc([N+](=O)[O-])c4cccnc34)CC2)cc1. The van der Waals surface area contributed by atoms with Crippen LogP contribution in [0.1, 0.15) is 28.8 Å². The number of rotatable bonds is 4. The second-order valence-corrected chi connectivity index (χ2v) is 7.25. The van der Waals surface area contributed by atoms with E-state index in [1.165, 1.54) is 0 Å². The van der Waals surface area contributed by atoms with Crippen LogP contribution in [-0.4, -0.2) is 28.8 Å².